The van der Waals surface area contributed by atoms with E-state index in [1.54, 1.807) is 0 Å². The van der Waals surface area contributed by atoms with E-state index in [4.69, 9.17) is 16.3 Å². The SMILES string of the molecule is CSc1nc2c3c(nc(Cl)c(F)c3n1)N(C)C[C@@H]1COCCCN21. The molecule has 4 heterocycles. The maximum Gasteiger partial charge on any atom is 0.189 e. The highest BCUT2D eigenvalue weighted by atomic mass is 35.5. The molecule has 0 radical (unpaired) electrons. The Morgan fingerprint density at radius 3 is 2.92 bits per heavy atom. The summed E-state index contributed by atoms with van der Waals surface area (Å²) in [7, 11) is 1.93. The minimum Gasteiger partial charge on any atom is -0.379 e. The zero-order valence-electron chi connectivity index (χ0n) is 13.4. The predicted octanol–water partition coefficient (Wildman–Crippen LogP) is 2.58. The zero-order valence-corrected chi connectivity index (χ0v) is 15.0. The fourth-order valence-corrected chi connectivity index (χ4v) is 3.86. The first kappa shape index (κ1) is 16.1. The van der Waals surface area contributed by atoms with Crippen molar-refractivity contribution in [3.05, 3.63) is 11.0 Å². The standard InChI is InChI=1S/C15H17ClFN5OS/c1-21-6-8-7-23-5-3-4-22(8)14-9-11(18-15(20-14)24-2)10(17)12(16)19-13(9)21/h8H,3-7H2,1-2H3/t8-/m1/s1. The molecule has 0 aliphatic carbocycles. The molecule has 0 aromatic carbocycles. The van der Waals surface area contributed by atoms with E-state index in [-0.39, 0.29) is 16.7 Å². The van der Waals surface area contributed by atoms with Crippen LogP contribution >= 0.6 is 23.4 Å². The van der Waals surface area contributed by atoms with Crippen LogP contribution in [0, 0.1) is 5.82 Å². The van der Waals surface area contributed by atoms with Crippen LogP contribution in [0.4, 0.5) is 16.0 Å². The first-order chi connectivity index (χ1) is 11.6. The molecule has 1 atom stereocenters. The molecule has 24 heavy (non-hydrogen) atoms. The van der Waals surface area contributed by atoms with Crippen molar-refractivity contribution < 1.29 is 9.13 Å². The average Bonchev–Trinajstić information content (AvgIpc) is 2.86. The number of hydrogen-bond acceptors (Lipinski definition) is 7. The summed E-state index contributed by atoms with van der Waals surface area (Å²) >= 11 is 7.41. The number of halogens is 2. The summed E-state index contributed by atoms with van der Waals surface area (Å²) in [5, 5.41) is 0.995. The van der Waals surface area contributed by atoms with Gasteiger partial charge in [0.25, 0.3) is 0 Å². The molecule has 2 aromatic heterocycles. The van der Waals surface area contributed by atoms with Crippen molar-refractivity contribution in [3.63, 3.8) is 0 Å². The van der Waals surface area contributed by atoms with Crippen molar-refractivity contribution >= 4 is 45.9 Å². The highest BCUT2D eigenvalue weighted by molar-refractivity contribution is 7.98. The number of ether oxygens (including phenoxy) is 1. The number of thioether (sulfide) groups is 1. The largest absolute Gasteiger partial charge is 0.379 e. The lowest BCUT2D eigenvalue weighted by atomic mass is 10.2. The van der Waals surface area contributed by atoms with Crippen LogP contribution in [0.3, 0.4) is 0 Å². The Balaban J connectivity index is 2.06. The van der Waals surface area contributed by atoms with E-state index < -0.39 is 5.82 Å². The zero-order chi connectivity index (χ0) is 16.8. The van der Waals surface area contributed by atoms with E-state index in [1.165, 1.54) is 11.8 Å². The second-order valence-electron chi connectivity index (χ2n) is 5.95. The van der Waals surface area contributed by atoms with Gasteiger partial charge in [-0.3, -0.25) is 0 Å². The number of rotatable bonds is 1. The van der Waals surface area contributed by atoms with Crippen LogP contribution in [0.1, 0.15) is 6.42 Å². The lowest BCUT2D eigenvalue weighted by Crippen LogP contribution is -2.44. The molecule has 2 aromatic rings. The maximum atomic E-state index is 14.6. The number of pyridine rings is 1. The van der Waals surface area contributed by atoms with Crippen LogP contribution in [0.5, 0.6) is 0 Å². The molecule has 1 fully saturated rings. The van der Waals surface area contributed by atoms with Crippen molar-refractivity contribution in [2.45, 2.75) is 17.6 Å². The van der Waals surface area contributed by atoms with Gasteiger partial charge in [-0.25, -0.2) is 19.3 Å². The molecule has 0 spiro atoms. The predicted molar refractivity (Wildman–Crippen MR) is 93.9 cm³/mol. The van der Waals surface area contributed by atoms with E-state index in [1.807, 2.05) is 18.2 Å². The van der Waals surface area contributed by atoms with Crippen LogP contribution in [0.2, 0.25) is 5.15 Å². The highest BCUT2D eigenvalue weighted by Crippen LogP contribution is 2.39. The Kier molecular flexibility index (Phi) is 4.14. The van der Waals surface area contributed by atoms with Gasteiger partial charge in [-0.05, 0) is 12.7 Å². The van der Waals surface area contributed by atoms with Crippen molar-refractivity contribution in [2.24, 2.45) is 0 Å². The second-order valence-corrected chi connectivity index (χ2v) is 7.09. The topological polar surface area (TPSA) is 54.4 Å². The minimum absolute atomic E-state index is 0.126. The lowest BCUT2D eigenvalue weighted by molar-refractivity contribution is 0.135. The fraction of sp³-hybridized carbons (Fsp3) is 0.533. The third-order valence-electron chi connectivity index (χ3n) is 4.43. The quantitative estimate of drug-likeness (QED) is 0.435. The van der Waals surface area contributed by atoms with E-state index in [9.17, 15) is 4.39 Å². The number of nitrogens with zero attached hydrogens (tertiary/aromatic N) is 5. The van der Waals surface area contributed by atoms with Gasteiger partial charge in [-0.15, -0.1) is 0 Å². The summed E-state index contributed by atoms with van der Waals surface area (Å²) in [5.41, 5.74) is 0.233. The minimum atomic E-state index is -0.590. The van der Waals surface area contributed by atoms with E-state index in [2.05, 4.69) is 19.9 Å². The van der Waals surface area contributed by atoms with Gasteiger partial charge in [0, 0.05) is 26.7 Å². The number of fused-ring (bicyclic) bond motifs is 2. The molecule has 2 aliphatic heterocycles. The van der Waals surface area contributed by atoms with Gasteiger partial charge < -0.3 is 14.5 Å². The Labute approximate surface area is 148 Å². The molecule has 4 rings (SSSR count). The Bertz CT molecular complexity index is 807. The van der Waals surface area contributed by atoms with Gasteiger partial charge in [-0.2, -0.15) is 0 Å². The van der Waals surface area contributed by atoms with Crippen molar-refractivity contribution in [2.75, 3.05) is 49.4 Å². The first-order valence-corrected chi connectivity index (χ1v) is 9.36. The van der Waals surface area contributed by atoms with Crippen molar-refractivity contribution in [3.8, 4) is 0 Å². The molecule has 0 amide bonds. The summed E-state index contributed by atoms with van der Waals surface area (Å²) in [6.07, 6.45) is 2.78. The van der Waals surface area contributed by atoms with E-state index in [0.29, 0.717) is 29.5 Å². The van der Waals surface area contributed by atoms with Crippen LogP contribution in [0.25, 0.3) is 10.9 Å². The molecule has 9 heteroatoms. The van der Waals surface area contributed by atoms with Gasteiger partial charge in [0.15, 0.2) is 16.1 Å². The molecule has 0 saturated carbocycles. The van der Waals surface area contributed by atoms with Gasteiger partial charge in [0.2, 0.25) is 0 Å². The van der Waals surface area contributed by atoms with Gasteiger partial charge in [-0.1, -0.05) is 23.4 Å². The van der Waals surface area contributed by atoms with E-state index in [0.717, 1.165) is 25.4 Å². The van der Waals surface area contributed by atoms with Crippen LogP contribution in [0.15, 0.2) is 5.16 Å². The fourth-order valence-electron chi connectivity index (χ4n) is 3.33. The summed E-state index contributed by atoms with van der Waals surface area (Å²) < 4.78 is 20.4. The van der Waals surface area contributed by atoms with Gasteiger partial charge >= 0.3 is 0 Å². The molecule has 0 bridgehead atoms. The van der Waals surface area contributed by atoms with Crippen molar-refractivity contribution in [1.82, 2.24) is 15.0 Å². The summed E-state index contributed by atoms with van der Waals surface area (Å²) in [6, 6.07) is 0.126. The third kappa shape index (κ3) is 2.48. The Hall–Kier alpha value is -1.38. The van der Waals surface area contributed by atoms with E-state index >= 15 is 0 Å². The molecule has 1 saturated heterocycles. The number of aromatic nitrogens is 3. The maximum absolute atomic E-state index is 14.6. The molecule has 2 aliphatic rings. The number of hydrogen-bond donors (Lipinski definition) is 0. The smallest absolute Gasteiger partial charge is 0.189 e. The number of likely N-dealkylation sites (N-methyl/N-ethyl adjacent to an activating group) is 1. The monoisotopic (exact) mass is 369 g/mol. The highest BCUT2D eigenvalue weighted by Gasteiger charge is 2.33. The normalized spacial score (nSPS) is 20.8. The number of anilines is 2. The van der Waals surface area contributed by atoms with Crippen LogP contribution in [-0.4, -0.2) is 60.6 Å². The van der Waals surface area contributed by atoms with Gasteiger partial charge in [0.1, 0.15) is 17.2 Å². The van der Waals surface area contributed by atoms with Crippen molar-refractivity contribution in [1.29, 1.82) is 0 Å². The van der Waals surface area contributed by atoms with Crippen LogP contribution in [-0.2, 0) is 4.74 Å². The summed E-state index contributed by atoms with van der Waals surface area (Å²) in [6.45, 7) is 2.84. The first-order valence-electron chi connectivity index (χ1n) is 7.76. The Morgan fingerprint density at radius 2 is 2.12 bits per heavy atom. The van der Waals surface area contributed by atoms with Gasteiger partial charge in [0.05, 0.1) is 18.0 Å². The molecule has 128 valence electrons. The third-order valence-corrected chi connectivity index (χ3v) is 5.22. The van der Waals surface area contributed by atoms with Crippen LogP contribution < -0.4 is 9.80 Å². The Morgan fingerprint density at radius 1 is 1.29 bits per heavy atom. The summed E-state index contributed by atoms with van der Waals surface area (Å²) in [5.74, 6) is 0.752. The molecule has 0 N–H and O–H groups in total. The lowest BCUT2D eigenvalue weighted by Gasteiger charge is -2.30. The average molecular weight is 370 g/mol. The molecular weight excluding hydrogens is 353 g/mol. The molecular formula is C15H17ClFN5OS. The molecule has 0 unspecified atom stereocenters. The second kappa shape index (κ2) is 6.16. The summed E-state index contributed by atoms with van der Waals surface area (Å²) in [4.78, 5) is 17.5. The molecule has 6 nitrogen and oxygen atoms in total.